The minimum absolute atomic E-state index is 0.0127. The monoisotopic (exact) mass is 459 g/mol. The molecule has 170 valence electrons. The largest absolute Gasteiger partial charge is 0.484 e. The molecule has 0 spiro atoms. The van der Waals surface area contributed by atoms with Gasteiger partial charge in [0, 0.05) is 30.6 Å². The molecule has 1 heterocycles. The van der Waals surface area contributed by atoms with Crippen molar-refractivity contribution in [3.8, 4) is 5.75 Å². The van der Waals surface area contributed by atoms with Gasteiger partial charge in [-0.3, -0.25) is 25.2 Å². The van der Waals surface area contributed by atoms with Crippen molar-refractivity contribution in [1.29, 1.82) is 0 Å². The van der Waals surface area contributed by atoms with Gasteiger partial charge in [-0.25, -0.2) is 8.42 Å². The number of sulfonamides is 1. The molecule has 1 fully saturated rings. The summed E-state index contributed by atoms with van der Waals surface area (Å²) < 4.78 is 31.8. The lowest BCUT2D eigenvalue weighted by atomic mass is 10.1. The van der Waals surface area contributed by atoms with E-state index in [4.69, 9.17) is 4.74 Å². The van der Waals surface area contributed by atoms with E-state index in [0.29, 0.717) is 30.8 Å². The zero-order valence-electron chi connectivity index (χ0n) is 17.7. The number of rotatable bonds is 8. The second-order valence-electron chi connectivity index (χ2n) is 7.23. The third-order valence-electron chi connectivity index (χ3n) is 5.00. The van der Waals surface area contributed by atoms with Crippen LogP contribution < -0.4 is 15.6 Å². The zero-order chi connectivity index (χ0) is 23.1. The fraction of sp³-hybridized carbons (Fsp3) is 0.318. The second-order valence-corrected chi connectivity index (χ2v) is 9.17. The number of hydrazine groups is 1. The van der Waals surface area contributed by atoms with Crippen LogP contribution >= 0.6 is 0 Å². The molecule has 10 heteroatoms. The third-order valence-corrected chi connectivity index (χ3v) is 6.91. The Labute approximate surface area is 186 Å². The fourth-order valence-electron chi connectivity index (χ4n) is 3.18. The molecule has 0 saturated carbocycles. The Kier molecular flexibility index (Phi) is 7.60. The number of nitrogens with one attached hydrogen (secondary N) is 2. The summed E-state index contributed by atoms with van der Waals surface area (Å²) >= 11 is 0. The lowest BCUT2D eigenvalue weighted by molar-refractivity contribution is -0.123. The number of benzene rings is 2. The fourth-order valence-corrected chi connectivity index (χ4v) is 4.70. The first-order valence-corrected chi connectivity index (χ1v) is 11.7. The minimum Gasteiger partial charge on any atom is -0.484 e. The van der Waals surface area contributed by atoms with E-state index in [-0.39, 0.29) is 22.8 Å². The van der Waals surface area contributed by atoms with E-state index < -0.39 is 21.8 Å². The van der Waals surface area contributed by atoms with Crippen molar-refractivity contribution in [3.63, 3.8) is 0 Å². The van der Waals surface area contributed by atoms with Gasteiger partial charge in [0.2, 0.25) is 10.0 Å². The molecule has 0 unspecified atom stereocenters. The standard InChI is InChI=1S/C22H25N3O6S/c1-2-20(26)16-5-9-18(10-6-16)31-15-21(27)23-24-22(28)17-7-11-19(12-8-17)32(29,30)25-13-3-4-14-25/h5-12H,2-4,13-15H2,1H3,(H,23,27)(H,24,28). The summed E-state index contributed by atoms with van der Waals surface area (Å²) in [4.78, 5) is 35.9. The summed E-state index contributed by atoms with van der Waals surface area (Å²) in [5.74, 6) is -0.751. The number of amides is 2. The Balaban J connectivity index is 1.47. The minimum atomic E-state index is -3.55. The van der Waals surface area contributed by atoms with Gasteiger partial charge in [-0.2, -0.15) is 4.31 Å². The van der Waals surface area contributed by atoms with Crippen LogP contribution in [0.2, 0.25) is 0 Å². The van der Waals surface area contributed by atoms with Crippen LogP contribution in [0.1, 0.15) is 46.9 Å². The molecule has 0 radical (unpaired) electrons. The first-order chi connectivity index (χ1) is 15.3. The van der Waals surface area contributed by atoms with Crippen molar-refractivity contribution in [1.82, 2.24) is 15.2 Å². The summed E-state index contributed by atoms with van der Waals surface area (Å²) in [6.07, 6.45) is 2.08. The van der Waals surface area contributed by atoms with E-state index in [0.717, 1.165) is 12.8 Å². The van der Waals surface area contributed by atoms with Crippen LogP contribution in [0.4, 0.5) is 0 Å². The molecule has 32 heavy (non-hydrogen) atoms. The van der Waals surface area contributed by atoms with Crippen molar-refractivity contribution < 1.29 is 27.5 Å². The highest BCUT2D eigenvalue weighted by Crippen LogP contribution is 2.21. The summed E-state index contributed by atoms with van der Waals surface area (Å²) in [7, 11) is -3.55. The molecule has 0 aliphatic carbocycles. The molecular weight excluding hydrogens is 434 g/mol. The Morgan fingerprint density at radius 2 is 1.50 bits per heavy atom. The smallest absolute Gasteiger partial charge is 0.276 e. The predicted octanol–water partition coefficient (Wildman–Crippen LogP) is 1.90. The van der Waals surface area contributed by atoms with E-state index in [2.05, 4.69) is 10.9 Å². The molecule has 9 nitrogen and oxygen atoms in total. The van der Waals surface area contributed by atoms with Crippen LogP contribution in [0.3, 0.4) is 0 Å². The molecular formula is C22H25N3O6S. The second kappa shape index (κ2) is 10.4. The molecule has 3 rings (SSSR count). The van der Waals surface area contributed by atoms with E-state index >= 15 is 0 Å². The van der Waals surface area contributed by atoms with Crippen LogP contribution in [0, 0.1) is 0 Å². The number of Topliss-reactive ketones (excluding diaryl/α,β-unsaturated/α-hetero) is 1. The number of hydrogen-bond donors (Lipinski definition) is 2. The average Bonchev–Trinajstić information content (AvgIpc) is 3.37. The summed E-state index contributed by atoms with van der Waals surface area (Å²) in [5, 5.41) is 0. The van der Waals surface area contributed by atoms with Gasteiger partial charge in [-0.15, -0.1) is 0 Å². The molecule has 1 aliphatic rings. The van der Waals surface area contributed by atoms with Crippen molar-refractivity contribution in [3.05, 3.63) is 59.7 Å². The maximum absolute atomic E-state index is 12.5. The molecule has 2 amide bonds. The van der Waals surface area contributed by atoms with Crippen molar-refractivity contribution in [2.24, 2.45) is 0 Å². The molecule has 0 aromatic heterocycles. The number of ketones is 1. The lowest BCUT2D eigenvalue weighted by Gasteiger charge is -2.15. The Morgan fingerprint density at radius 3 is 2.09 bits per heavy atom. The topological polar surface area (TPSA) is 122 Å². The van der Waals surface area contributed by atoms with Gasteiger partial charge < -0.3 is 4.74 Å². The highest BCUT2D eigenvalue weighted by atomic mass is 32.2. The van der Waals surface area contributed by atoms with Gasteiger partial charge in [0.1, 0.15) is 5.75 Å². The number of carbonyl (C=O) groups excluding carboxylic acids is 3. The predicted molar refractivity (Wildman–Crippen MR) is 117 cm³/mol. The van der Waals surface area contributed by atoms with Crippen LogP contribution in [-0.2, 0) is 14.8 Å². The van der Waals surface area contributed by atoms with E-state index in [1.165, 1.54) is 28.6 Å². The number of carbonyl (C=O) groups is 3. The van der Waals surface area contributed by atoms with Crippen LogP contribution in [0.25, 0.3) is 0 Å². The molecule has 2 aromatic rings. The lowest BCUT2D eigenvalue weighted by Crippen LogP contribution is -2.43. The van der Waals surface area contributed by atoms with Gasteiger partial charge in [0.25, 0.3) is 11.8 Å². The van der Waals surface area contributed by atoms with E-state index in [9.17, 15) is 22.8 Å². The molecule has 2 N–H and O–H groups in total. The molecule has 1 saturated heterocycles. The molecule has 1 aliphatic heterocycles. The van der Waals surface area contributed by atoms with Gasteiger partial charge in [0.15, 0.2) is 12.4 Å². The average molecular weight is 460 g/mol. The molecule has 0 atom stereocenters. The Morgan fingerprint density at radius 1 is 0.906 bits per heavy atom. The number of ether oxygens (including phenoxy) is 1. The van der Waals surface area contributed by atoms with Crippen LogP contribution in [0.5, 0.6) is 5.75 Å². The van der Waals surface area contributed by atoms with Gasteiger partial charge in [0.05, 0.1) is 4.90 Å². The van der Waals surface area contributed by atoms with Gasteiger partial charge >= 0.3 is 0 Å². The molecule has 2 aromatic carbocycles. The normalized spacial score (nSPS) is 14.0. The Bertz CT molecular complexity index is 1080. The summed E-state index contributed by atoms with van der Waals surface area (Å²) in [6, 6.07) is 11.9. The number of nitrogens with zero attached hydrogens (tertiary/aromatic N) is 1. The molecule has 0 bridgehead atoms. The highest BCUT2D eigenvalue weighted by molar-refractivity contribution is 7.89. The maximum atomic E-state index is 12.5. The van der Waals surface area contributed by atoms with Crippen molar-refractivity contribution >= 4 is 27.6 Å². The quantitative estimate of drug-likeness (QED) is 0.459. The van der Waals surface area contributed by atoms with E-state index in [1.807, 2.05) is 0 Å². The van der Waals surface area contributed by atoms with Crippen LogP contribution in [0.15, 0.2) is 53.4 Å². The zero-order valence-corrected chi connectivity index (χ0v) is 18.5. The first kappa shape index (κ1) is 23.4. The van der Waals surface area contributed by atoms with E-state index in [1.54, 1.807) is 31.2 Å². The Hall–Kier alpha value is -3.24. The SMILES string of the molecule is CCC(=O)c1ccc(OCC(=O)NNC(=O)c2ccc(S(=O)(=O)N3CCCC3)cc2)cc1. The van der Waals surface area contributed by atoms with Crippen LogP contribution in [-0.4, -0.2) is 50.0 Å². The summed E-state index contributed by atoms with van der Waals surface area (Å²) in [5.41, 5.74) is 5.25. The number of hydrogen-bond acceptors (Lipinski definition) is 6. The third kappa shape index (κ3) is 5.71. The van der Waals surface area contributed by atoms with Gasteiger partial charge in [-0.05, 0) is 61.4 Å². The maximum Gasteiger partial charge on any atom is 0.276 e. The van der Waals surface area contributed by atoms with Gasteiger partial charge in [-0.1, -0.05) is 6.92 Å². The highest BCUT2D eigenvalue weighted by Gasteiger charge is 2.27. The van der Waals surface area contributed by atoms with Crippen molar-refractivity contribution in [2.45, 2.75) is 31.1 Å². The van der Waals surface area contributed by atoms with Crippen molar-refractivity contribution in [2.75, 3.05) is 19.7 Å². The first-order valence-electron chi connectivity index (χ1n) is 10.3. The summed E-state index contributed by atoms with van der Waals surface area (Å²) in [6.45, 7) is 2.43.